The van der Waals surface area contributed by atoms with E-state index in [1.165, 1.54) is 19.3 Å². The van der Waals surface area contributed by atoms with E-state index < -0.39 is 11.7 Å². The summed E-state index contributed by atoms with van der Waals surface area (Å²) in [6.07, 6.45) is 9.42. The fraction of sp³-hybridized carbons (Fsp3) is 0.323. The number of amides is 1. The average molecular weight is 508 g/mol. The van der Waals surface area contributed by atoms with Gasteiger partial charge in [-0.25, -0.2) is 4.98 Å². The van der Waals surface area contributed by atoms with Crippen molar-refractivity contribution >= 4 is 34.4 Å². The minimum Gasteiger partial charge on any atom is -0.368 e. The van der Waals surface area contributed by atoms with Crippen molar-refractivity contribution in [2.75, 3.05) is 41.3 Å². The van der Waals surface area contributed by atoms with Crippen LogP contribution in [0.5, 0.6) is 0 Å². The van der Waals surface area contributed by atoms with Gasteiger partial charge in [-0.2, -0.15) is 0 Å². The van der Waals surface area contributed by atoms with Crippen LogP contribution in [0, 0.1) is 0 Å². The van der Waals surface area contributed by atoms with Crippen LogP contribution >= 0.6 is 0 Å². The van der Waals surface area contributed by atoms with Crippen LogP contribution in [0.25, 0.3) is 5.52 Å². The first kappa shape index (κ1) is 24.2. The molecule has 6 rings (SSSR count). The number of hydrogen-bond donors (Lipinski definition) is 1. The molecule has 3 aromatic heterocycles. The minimum atomic E-state index is -0.595. The number of nitrogens with zero attached hydrogens (tertiary/aromatic N) is 4. The lowest BCUT2D eigenvalue weighted by Crippen LogP contribution is -2.46. The number of nitrogens with one attached hydrogen (secondary N) is 1. The van der Waals surface area contributed by atoms with Gasteiger partial charge < -0.3 is 19.5 Å². The lowest BCUT2D eigenvalue weighted by Gasteiger charge is -2.36. The molecule has 0 unspecified atom stereocenters. The molecule has 1 aliphatic heterocycles. The Balaban J connectivity index is 1.14. The Kier molecular flexibility index (Phi) is 6.82. The maximum absolute atomic E-state index is 13.5. The molecular formula is C31H33N5O2. The van der Waals surface area contributed by atoms with Crippen LogP contribution in [0.2, 0.25) is 0 Å². The highest BCUT2D eigenvalue weighted by Gasteiger charge is 2.29. The third kappa shape index (κ3) is 4.88. The van der Waals surface area contributed by atoms with E-state index in [1.807, 2.05) is 77.5 Å². The first-order valence-corrected chi connectivity index (χ1v) is 13.6. The van der Waals surface area contributed by atoms with Crippen molar-refractivity contribution in [3.8, 4) is 0 Å². The smallest absolute Gasteiger partial charge is 0.298 e. The molecule has 4 heterocycles. The molecule has 4 aromatic rings. The zero-order valence-corrected chi connectivity index (χ0v) is 21.6. The number of hydrogen-bond acceptors (Lipinski definition) is 5. The van der Waals surface area contributed by atoms with Crippen LogP contribution in [0.1, 0.15) is 54.1 Å². The predicted molar refractivity (Wildman–Crippen MR) is 151 cm³/mol. The van der Waals surface area contributed by atoms with Crippen LogP contribution in [0.4, 0.5) is 17.2 Å². The van der Waals surface area contributed by atoms with Gasteiger partial charge in [-0.05, 0) is 78.9 Å². The molecule has 1 saturated heterocycles. The SMILES string of the molecule is O=C(Nc1ccc(N2CCN(c3ccccn3)CC2)cc1)C(=O)c1c(C2CCCCC2)cc2ccccn12. The van der Waals surface area contributed by atoms with E-state index >= 15 is 0 Å². The van der Waals surface area contributed by atoms with Crippen molar-refractivity contribution in [1.82, 2.24) is 9.38 Å². The van der Waals surface area contributed by atoms with Crippen molar-refractivity contribution < 1.29 is 9.59 Å². The Morgan fingerprint density at radius 3 is 2.29 bits per heavy atom. The summed E-state index contributed by atoms with van der Waals surface area (Å²) in [6.45, 7) is 3.59. The van der Waals surface area contributed by atoms with Crippen LogP contribution in [0.3, 0.4) is 0 Å². The highest BCUT2D eigenvalue weighted by Crippen LogP contribution is 2.36. The largest absolute Gasteiger partial charge is 0.368 e. The molecule has 194 valence electrons. The Labute approximate surface area is 223 Å². The van der Waals surface area contributed by atoms with Gasteiger partial charge in [0.1, 0.15) is 11.5 Å². The van der Waals surface area contributed by atoms with Gasteiger partial charge in [0.25, 0.3) is 11.7 Å². The number of fused-ring (bicyclic) bond motifs is 1. The standard InChI is InChI=1S/C31H33N5O2/c37-30(29-27(23-8-2-1-3-9-23)22-26-10-5-7-17-36(26)29)31(38)33-24-12-14-25(15-13-24)34-18-20-35(21-19-34)28-11-4-6-16-32-28/h4-7,10-17,22-23H,1-3,8-9,18-21H2,(H,33,38). The number of aromatic nitrogens is 2. The summed E-state index contributed by atoms with van der Waals surface area (Å²) >= 11 is 0. The third-order valence-corrected chi connectivity index (χ3v) is 7.92. The molecule has 38 heavy (non-hydrogen) atoms. The second kappa shape index (κ2) is 10.7. The lowest BCUT2D eigenvalue weighted by atomic mass is 9.83. The van der Waals surface area contributed by atoms with E-state index in [4.69, 9.17) is 0 Å². The van der Waals surface area contributed by atoms with Gasteiger partial charge in [-0.1, -0.05) is 31.4 Å². The molecular weight excluding hydrogens is 474 g/mol. The number of benzene rings is 1. The molecule has 1 aliphatic carbocycles. The van der Waals surface area contributed by atoms with Crippen molar-refractivity contribution in [1.29, 1.82) is 0 Å². The molecule has 0 bridgehead atoms. The summed E-state index contributed by atoms with van der Waals surface area (Å²) in [7, 11) is 0. The second-order valence-electron chi connectivity index (χ2n) is 10.3. The van der Waals surface area contributed by atoms with Crippen molar-refractivity contribution in [3.63, 3.8) is 0 Å². The van der Waals surface area contributed by atoms with Gasteiger partial charge in [0, 0.05) is 55.5 Å². The van der Waals surface area contributed by atoms with Crippen molar-refractivity contribution in [2.45, 2.75) is 38.0 Å². The Morgan fingerprint density at radius 1 is 0.816 bits per heavy atom. The number of rotatable bonds is 6. The molecule has 1 aromatic carbocycles. The highest BCUT2D eigenvalue weighted by atomic mass is 16.2. The lowest BCUT2D eigenvalue weighted by molar-refractivity contribution is -0.112. The first-order chi connectivity index (χ1) is 18.7. The van der Waals surface area contributed by atoms with Crippen LogP contribution < -0.4 is 15.1 Å². The fourth-order valence-corrected chi connectivity index (χ4v) is 5.90. The van der Waals surface area contributed by atoms with E-state index in [1.54, 1.807) is 0 Å². The number of pyridine rings is 2. The summed E-state index contributed by atoms with van der Waals surface area (Å²) in [4.78, 5) is 35.7. The molecule has 0 atom stereocenters. The number of Topliss-reactive ketones (excluding diaryl/α,β-unsaturated/α-hetero) is 1. The Bertz CT molecular complexity index is 1420. The van der Waals surface area contributed by atoms with Gasteiger partial charge in [-0.3, -0.25) is 9.59 Å². The maximum Gasteiger partial charge on any atom is 0.298 e. The van der Waals surface area contributed by atoms with E-state index in [9.17, 15) is 9.59 Å². The highest BCUT2D eigenvalue weighted by molar-refractivity contribution is 6.46. The summed E-state index contributed by atoms with van der Waals surface area (Å²) in [5.41, 5.74) is 4.20. The Hall–Kier alpha value is -4.13. The molecule has 2 fully saturated rings. The summed E-state index contributed by atoms with van der Waals surface area (Å²) in [5, 5.41) is 2.85. The molecule has 7 nitrogen and oxygen atoms in total. The zero-order chi connectivity index (χ0) is 25.9. The monoisotopic (exact) mass is 507 g/mol. The second-order valence-corrected chi connectivity index (χ2v) is 10.3. The van der Waals surface area contributed by atoms with E-state index in [-0.39, 0.29) is 0 Å². The zero-order valence-electron chi connectivity index (χ0n) is 21.6. The van der Waals surface area contributed by atoms with Gasteiger partial charge >= 0.3 is 0 Å². The minimum absolute atomic E-state index is 0.327. The number of anilines is 3. The topological polar surface area (TPSA) is 70.0 Å². The summed E-state index contributed by atoms with van der Waals surface area (Å²) < 4.78 is 1.87. The summed E-state index contributed by atoms with van der Waals surface area (Å²) in [6, 6.07) is 21.7. The molecule has 0 radical (unpaired) electrons. The molecule has 1 saturated carbocycles. The van der Waals surface area contributed by atoms with Crippen molar-refractivity contribution in [3.05, 3.63) is 90.4 Å². The van der Waals surface area contributed by atoms with Crippen LogP contribution in [-0.2, 0) is 4.79 Å². The number of carbonyl (C=O) groups is 2. The van der Waals surface area contributed by atoms with Crippen LogP contribution in [-0.4, -0.2) is 47.3 Å². The number of ketones is 1. The average Bonchev–Trinajstić information content (AvgIpc) is 3.38. The number of carbonyl (C=O) groups excluding carboxylic acids is 2. The molecule has 1 N–H and O–H groups in total. The van der Waals surface area contributed by atoms with Gasteiger partial charge in [0.15, 0.2) is 0 Å². The first-order valence-electron chi connectivity index (χ1n) is 13.6. The molecule has 0 spiro atoms. The maximum atomic E-state index is 13.5. The fourth-order valence-electron chi connectivity index (χ4n) is 5.90. The van der Waals surface area contributed by atoms with E-state index in [0.717, 1.165) is 61.6 Å². The normalized spacial score (nSPS) is 16.5. The molecule has 1 amide bonds. The van der Waals surface area contributed by atoms with Gasteiger partial charge in [0.05, 0.1) is 0 Å². The number of piperazine rings is 1. The summed E-state index contributed by atoms with van der Waals surface area (Å²) in [5.74, 6) is 0.263. The van der Waals surface area contributed by atoms with Gasteiger partial charge in [0.2, 0.25) is 0 Å². The molecule has 2 aliphatic rings. The van der Waals surface area contributed by atoms with Crippen LogP contribution in [0.15, 0.2) is 79.1 Å². The predicted octanol–water partition coefficient (Wildman–Crippen LogP) is 5.53. The molecule has 7 heteroatoms. The third-order valence-electron chi connectivity index (χ3n) is 7.92. The van der Waals surface area contributed by atoms with E-state index in [2.05, 4.69) is 26.2 Å². The Morgan fingerprint density at radius 2 is 1.55 bits per heavy atom. The quantitative estimate of drug-likeness (QED) is 0.275. The van der Waals surface area contributed by atoms with E-state index in [0.29, 0.717) is 17.3 Å². The van der Waals surface area contributed by atoms with Crippen molar-refractivity contribution in [2.24, 2.45) is 0 Å². The van der Waals surface area contributed by atoms with Gasteiger partial charge in [-0.15, -0.1) is 0 Å².